The number of phenols is 1. The molecule has 1 aromatic carbocycles. The van der Waals surface area contributed by atoms with Crippen molar-refractivity contribution >= 4 is 5.69 Å². The Morgan fingerprint density at radius 1 is 0.930 bits per heavy atom. The Hall–Kier alpha value is -2.28. The first-order chi connectivity index (χ1) is 20.4. The second-order valence-electron chi connectivity index (χ2n) is 11.0. The predicted octanol–water partition coefficient (Wildman–Crippen LogP) is 10.5. The van der Waals surface area contributed by atoms with Crippen LogP contribution in [-0.2, 0) is 6.42 Å². The molecule has 2 aromatic rings. The number of hydrogen-bond donors (Lipinski definition) is 2. The van der Waals surface area contributed by atoms with Crippen molar-refractivity contribution in [3.05, 3.63) is 53.1 Å². The fourth-order valence-corrected chi connectivity index (χ4v) is 4.51. The van der Waals surface area contributed by atoms with E-state index in [9.17, 15) is 23.4 Å². The molecule has 43 heavy (non-hydrogen) atoms. The van der Waals surface area contributed by atoms with Gasteiger partial charge in [0.25, 0.3) is 0 Å². The minimum Gasteiger partial charge on any atom is -0.503 e. The number of aromatic nitrogens is 1. The van der Waals surface area contributed by atoms with E-state index in [-0.39, 0.29) is 23.6 Å². The Kier molecular flexibility index (Phi) is 24.0. The van der Waals surface area contributed by atoms with Gasteiger partial charge in [0.15, 0.2) is 11.6 Å². The monoisotopic (exact) mass is 612 g/mol. The Morgan fingerprint density at radius 2 is 1.47 bits per heavy atom. The van der Waals surface area contributed by atoms with Crippen LogP contribution in [0.1, 0.15) is 120 Å². The Morgan fingerprint density at radius 3 is 1.81 bits per heavy atom. The summed E-state index contributed by atoms with van der Waals surface area (Å²) >= 11 is 0. The maximum absolute atomic E-state index is 14.6. The molecule has 4 nitrogen and oxygen atoms in total. The Balaban J connectivity index is 0. The number of aryl methyl sites for hydroxylation is 1. The molecular formula is C36H63F3N2O2. The van der Waals surface area contributed by atoms with E-state index in [2.05, 4.69) is 39.6 Å². The van der Waals surface area contributed by atoms with E-state index in [0.29, 0.717) is 36.5 Å². The maximum atomic E-state index is 14.6. The van der Waals surface area contributed by atoms with E-state index in [1.807, 2.05) is 46.4 Å². The van der Waals surface area contributed by atoms with E-state index in [0.717, 1.165) is 12.8 Å². The van der Waals surface area contributed by atoms with Gasteiger partial charge in [0.05, 0.1) is 11.8 Å². The molecule has 0 radical (unpaired) electrons. The van der Waals surface area contributed by atoms with Gasteiger partial charge in [-0.3, -0.25) is 0 Å². The number of rotatable bonds is 7. The number of aliphatic hydroxyl groups excluding tert-OH is 1. The molecule has 0 spiro atoms. The molecule has 1 heterocycles. The minimum absolute atomic E-state index is 0.0910. The highest BCUT2D eigenvalue weighted by atomic mass is 19.1. The zero-order valence-corrected chi connectivity index (χ0v) is 29.3. The standard InChI is InChI=1S/C20H29F2NO2.C6H6FN.2C3H8.2C2H6/c1-4-23(10-13-6-5-11(13)2)17-9-16(21)15(19(22)20(17)25)8-18(24)14-7-12(14)3;1-5-3-2-4-6(7)8-5;2*1-3-2;2*1-2/h9,11-14,18,24-25H,4-8,10H2,1-3H3;2-4H,1H3;2*3H2,1-2H3;2*1-2H3. The van der Waals surface area contributed by atoms with Crippen molar-refractivity contribution in [1.82, 2.24) is 4.98 Å². The molecule has 7 heteroatoms. The van der Waals surface area contributed by atoms with Gasteiger partial charge in [-0.1, -0.05) is 94.6 Å². The first-order valence-corrected chi connectivity index (χ1v) is 16.7. The summed E-state index contributed by atoms with van der Waals surface area (Å²) in [5, 5.41) is 20.5. The smallest absolute Gasteiger partial charge is 0.213 e. The summed E-state index contributed by atoms with van der Waals surface area (Å²) in [5.74, 6) is -0.905. The van der Waals surface area contributed by atoms with Crippen LogP contribution in [0.3, 0.4) is 0 Å². The fourth-order valence-electron chi connectivity index (χ4n) is 4.51. The second-order valence-corrected chi connectivity index (χ2v) is 11.0. The Bertz CT molecular complexity index is 970. The molecule has 0 bridgehead atoms. The third-order valence-corrected chi connectivity index (χ3v) is 7.18. The fraction of sp³-hybridized carbons (Fsp3) is 0.694. The van der Waals surface area contributed by atoms with Crippen LogP contribution in [0.25, 0.3) is 0 Å². The van der Waals surface area contributed by atoms with Crippen molar-refractivity contribution in [3.63, 3.8) is 0 Å². The van der Waals surface area contributed by atoms with Gasteiger partial charge in [-0.25, -0.2) is 13.8 Å². The summed E-state index contributed by atoms with van der Waals surface area (Å²) in [4.78, 5) is 5.36. The van der Waals surface area contributed by atoms with Gasteiger partial charge in [-0.2, -0.15) is 4.39 Å². The number of nitrogens with zero attached hydrogens (tertiary/aromatic N) is 2. The van der Waals surface area contributed by atoms with Crippen molar-refractivity contribution < 1.29 is 23.4 Å². The summed E-state index contributed by atoms with van der Waals surface area (Å²) in [6.45, 7) is 25.7. The predicted molar refractivity (Wildman–Crippen MR) is 178 cm³/mol. The zero-order chi connectivity index (χ0) is 33.7. The van der Waals surface area contributed by atoms with Gasteiger partial charge in [-0.05, 0) is 62.5 Å². The number of pyridine rings is 1. The molecule has 0 aliphatic heterocycles. The van der Waals surface area contributed by atoms with Gasteiger partial charge >= 0.3 is 0 Å². The van der Waals surface area contributed by atoms with Crippen molar-refractivity contribution in [3.8, 4) is 5.75 Å². The van der Waals surface area contributed by atoms with Crippen LogP contribution in [-0.4, -0.2) is 34.4 Å². The van der Waals surface area contributed by atoms with Gasteiger partial charge in [0.1, 0.15) is 5.82 Å². The topological polar surface area (TPSA) is 56.6 Å². The molecule has 2 saturated carbocycles. The SMILES string of the molecule is CC.CC.CCC.CCC.CCN(CC1CCC1C)c1cc(F)c(CC(O)C2CC2C)c(F)c1O.Cc1cccc(F)n1. The molecule has 1 aromatic heterocycles. The summed E-state index contributed by atoms with van der Waals surface area (Å²) in [7, 11) is 0. The van der Waals surface area contributed by atoms with E-state index in [4.69, 9.17) is 0 Å². The number of hydrogen-bond acceptors (Lipinski definition) is 4. The molecule has 2 fully saturated rings. The minimum atomic E-state index is -0.928. The lowest BCUT2D eigenvalue weighted by molar-refractivity contribution is 0.143. The molecule has 5 atom stereocenters. The van der Waals surface area contributed by atoms with E-state index < -0.39 is 29.4 Å². The highest BCUT2D eigenvalue weighted by Crippen LogP contribution is 2.43. The van der Waals surface area contributed by atoms with Gasteiger partial charge < -0.3 is 15.1 Å². The number of aliphatic hydroxyl groups is 1. The number of aromatic hydroxyl groups is 1. The van der Waals surface area contributed by atoms with Gasteiger partial charge in [-0.15, -0.1) is 0 Å². The third kappa shape index (κ3) is 15.3. The van der Waals surface area contributed by atoms with Crippen LogP contribution in [0, 0.1) is 48.2 Å². The first kappa shape index (κ1) is 42.9. The van der Waals surface area contributed by atoms with E-state index >= 15 is 0 Å². The molecule has 2 N–H and O–H groups in total. The number of benzene rings is 1. The van der Waals surface area contributed by atoms with Crippen molar-refractivity contribution in [1.29, 1.82) is 0 Å². The van der Waals surface area contributed by atoms with Crippen LogP contribution in [0.2, 0.25) is 0 Å². The molecule has 5 unspecified atom stereocenters. The number of anilines is 1. The van der Waals surface area contributed by atoms with Crippen LogP contribution in [0.5, 0.6) is 5.75 Å². The lowest BCUT2D eigenvalue weighted by Crippen LogP contribution is -2.37. The molecule has 250 valence electrons. The summed E-state index contributed by atoms with van der Waals surface area (Å²) < 4.78 is 41.2. The quantitative estimate of drug-likeness (QED) is 0.306. The lowest BCUT2D eigenvalue weighted by Gasteiger charge is -2.38. The van der Waals surface area contributed by atoms with Crippen molar-refractivity contribution in [2.75, 3.05) is 18.0 Å². The molecule has 2 aliphatic carbocycles. The number of phenolic OH excluding ortho intramolecular Hbond substituents is 1. The van der Waals surface area contributed by atoms with Crippen LogP contribution >= 0.6 is 0 Å². The number of halogens is 3. The molecule has 0 amide bonds. The van der Waals surface area contributed by atoms with E-state index in [1.54, 1.807) is 19.1 Å². The molecule has 2 aliphatic rings. The zero-order valence-electron chi connectivity index (χ0n) is 29.3. The second kappa shape index (κ2) is 24.1. The summed E-state index contributed by atoms with van der Waals surface area (Å²) in [6.07, 6.45) is 4.84. The first-order valence-electron chi connectivity index (χ1n) is 16.7. The molecule has 4 rings (SSSR count). The van der Waals surface area contributed by atoms with Gasteiger partial charge in [0.2, 0.25) is 5.95 Å². The Labute approximate surface area is 262 Å². The van der Waals surface area contributed by atoms with E-state index in [1.165, 1.54) is 31.4 Å². The van der Waals surface area contributed by atoms with Gasteiger partial charge in [0, 0.05) is 36.8 Å². The third-order valence-electron chi connectivity index (χ3n) is 7.18. The largest absolute Gasteiger partial charge is 0.503 e. The summed E-state index contributed by atoms with van der Waals surface area (Å²) in [6, 6.07) is 5.94. The average molecular weight is 613 g/mol. The van der Waals surface area contributed by atoms with Crippen molar-refractivity contribution in [2.45, 2.75) is 128 Å². The van der Waals surface area contributed by atoms with Crippen LogP contribution < -0.4 is 4.90 Å². The normalized spacial score (nSPS) is 19.8. The maximum Gasteiger partial charge on any atom is 0.213 e. The molecule has 0 saturated heterocycles. The average Bonchev–Trinajstić information content (AvgIpc) is 3.72. The highest BCUT2D eigenvalue weighted by molar-refractivity contribution is 5.60. The summed E-state index contributed by atoms with van der Waals surface area (Å²) in [5.41, 5.74) is 0.723. The van der Waals surface area contributed by atoms with Crippen LogP contribution in [0.15, 0.2) is 24.3 Å². The lowest BCUT2D eigenvalue weighted by atomic mass is 9.74. The van der Waals surface area contributed by atoms with Crippen molar-refractivity contribution in [2.24, 2.45) is 23.7 Å². The van der Waals surface area contributed by atoms with Crippen LogP contribution in [0.4, 0.5) is 18.9 Å². The highest BCUT2D eigenvalue weighted by Gasteiger charge is 2.39. The molecular weight excluding hydrogens is 549 g/mol.